The van der Waals surface area contributed by atoms with E-state index in [1.54, 1.807) is 26.1 Å². The van der Waals surface area contributed by atoms with E-state index >= 15 is 0 Å². The van der Waals surface area contributed by atoms with E-state index in [1.807, 2.05) is 0 Å². The zero-order chi connectivity index (χ0) is 21.3. The van der Waals surface area contributed by atoms with Crippen LogP contribution in [-0.2, 0) is 10.0 Å². The van der Waals surface area contributed by atoms with Gasteiger partial charge in [0, 0.05) is 20.1 Å². The molecule has 0 atom stereocenters. The molecule has 1 aliphatic heterocycles. The SMILES string of the molecule is CN=C(NCCCN1CCC(C)CC1)NCCS(=O)(=O)Nc1ccc(C)c(F)c1. The number of rotatable bonds is 9. The van der Waals surface area contributed by atoms with Crippen LogP contribution in [0.1, 0.15) is 31.7 Å². The molecule has 0 spiro atoms. The lowest BCUT2D eigenvalue weighted by Crippen LogP contribution is -2.41. The highest BCUT2D eigenvalue weighted by Gasteiger charge is 2.15. The van der Waals surface area contributed by atoms with E-state index in [9.17, 15) is 12.8 Å². The molecule has 0 radical (unpaired) electrons. The van der Waals surface area contributed by atoms with E-state index in [4.69, 9.17) is 0 Å². The van der Waals surface area contributed by atoms with Crippen molar-refractivity contribution in [3.05, 3.63) is 29.6 Å². The van der Waals surface area contributed by atoms with Crippen molar-refractivity contribution in [2.24, 2.45) is 10.9 Å². The molecule has 2 rings (SSSR count). The van der Waals surface area contributed by atoms with E-state index in [1.165, 1.54) is 32.0 Å². The number of piperidine rings is 1. The van der Waals surface area contributed by atoms with Gasteiger partial charge >= 0.3 is 0 Å². The van der Waals surface area contributed by atoms with Crippen LogP contribution in [0.15, 0.2) is 23.2 Å². The number of halogens is 1. The summed E-state index contributed by atoms with van der Waals surface area (Å²) in [7, 11) is -1.93. The number of anilines is 1. The lowest BCUT2D eigenvalue weighted by atomic mass is 9.99. The third kappa shape index (κ3) is 8.57. The molecule has 1 aromatic rings. The molecule has 3 N–H and O–H groups in total. The molecule has 1 saturated heterocycles. The van der Waals surface area contributed by atoms with Gasteiger partial charge in [-0.1, -0.05) is 13.0 Å². The molecule has 9 heteroatoms. The van der Waals surface area contributed by atoms with E-state index in [-0.39, 0.29) is 18.0 Å². The average molecular weight is 428 g/mol. The van der Waals surface area contributed by atoms with Gasteiger partial charge in [0.25, 0.3) is 0 Å². The molecule has 1 aromatic carbocycles. The smallest absolute Gasteiger partial charge is 0.234 e. The molecule has 0 saturated carbocycles. The topological polar surface area (TPSA) is 85.8 Å². The average Bonchev–Trinajstić information content (AvgIpc) is 2.67. The number of likely N-dealkylation sites (tertiary alicyclic amines) is 1. The van der Waals surface area contributed by atoms with Crippen LogP contribution in [0.4, 0.5) is 10.1 Å². The van der Waals surface area contributed by atoms with E-state index in [0.717, 1.165) is 25.4 Å². The van der Waals surface area contributed by atoms with Gasteiger partial charge in [-0.05, 0) is 69.4 Å². The highest BCUT2D eigenvalue weighted by Crippen LogP contribution is 2.16. The van der Waals surface area contributed by atoms with Gasteiger partial charge in [0.15, 0.2) is 5.96 Å². The van der Waals surface area contributed by atoms with Crippen molar-refractivity contribution in [3.63, 3.8) is 0 Å². The predicted octanol–water partition coefficient (Wildman–Crippen LogP) is 2.16. The molecular weight excluding hydrogens is 393 g/mol. The first-order chi connectivity index (χ1) is 13.8. The van der Waals surface area contributed by atoms with Gasteiger partial charge in [0.2, 0.25) is 10.0 Å². The summed E-state index contributed by atoms with van der Waals surface area (Å²) in [4.78, 5) is 6.61. The van der Waals surface area contributed by atoms with Crippen molar-refractivity contribution < 1.29 is 12.8 Å². The molecule has 0 unspecified atom stereocenters. The molecule has 0 aliphatic carbocycles. The number of aliphatic imine (C=N–C) groups is 1. The first-order valence-electron chi connectivity index (χ1n) is 10.2. The van der Waals surface area contributed by atoms with Crippen LogP contribution in [0, 0.1) is 18.7 Å². The maximum Gasteiger partial charge on any atom is 0.234 e. The maximum absolute atomic E-state index is 13.6. The summed E-state index contributed by atoms with van der Waals surface area (Å²) < 4.78 is 40.3. The second kappa shape index (κ2) is 11.3. The first-order valence-corrected chi connectivity index (χ1v) is 11.9. The molecule has 1 aliphatic rings. The molecule has 1 heterocycles. The molecule has 164 valence electrons. The maximum atomic E-state index is 13.6. The fourth-order valence-electron chi connectivity index (χ4n) is 3.21. The Morgan fingerprint density at radius 2 is 1.93 bits per heavy atom. The third-order valence-electron chi connectivity index (χ3n) is 5.15. The minimum absolute atomic E-state index is 0.144. The van der Waals surface area contributed by atoms with Crippen LogP contribution in [-0.4, -0.2) is 64.8 Å². The summed E-state index contributed by atoms with van der Waals surface area (Å²) >= 11 is 0. The number of hydrogen-bond donors (Lipinski definition) is 3. The number of hydrogen-bond acceptors (Lipinski definition) is 4. The van der Waals surface area contributed by atoms with Gasteiger partial charge < -0.3 is 15.5 Å². The van der Waals surface area contributed by atoms with Crippen LogP contribution in [0.3, 0.4) is 0 Å². The summed E-state index contributed by atoms with van der Waals surface area (Å²) in [6, 6.07) is 4.28. The molecule has 0 bridgehead atoms. The quantitative estimate of drug-likeness (QED) is 0.319. The summed E-state index contributed by atoms with van der Waals surface area (Å²) in [5.41, 5.74) is 0.696. The van der Waals surface area contributed by atoms with Gasteiger partial charge in [-0.2, -0.15) is 0 Å². The van der Waals surface area contributed by atoms with Crippen molar-refractivity contribution in [3.8, 4) is 0 Å². The fourth-order valence-corrected chi connectivity index (χ4v) is 4.17. The number of sulfonamides is 1. The van der Waals surface area contributed by atoms with E-state index in [0.29, 0.717) is 11.5 Å². The van der Waals surface area contributed by atoms with Gasteiger partial charge in [-0.3, -0.25) is 9.71 Å². The summed E-state index contributed by atoms with van der Waals surface area (Å²) in [6.07, 6.45) is 3.55. The zero-order valence-electron chi connectivity index (χ0n) is 17.7. The molecule has 29 heavy (non-hydrogen) atoms. The van der Waals surface area contributed by atoms with Gasteiger partial charge in [-0.15, -0.1) is 0 Å². The van der Waals surface area contributed by atoms with Gasteiger partial charge in [0.1, 0.15) is 5.82 Å². The molecule has 0 amide bonds. The van der Waals surface area contributed by atoms with Crippen LogP contribution in [0.25, 0.3) is 0 Å². The highest BCUT2D eigenvalue weighted by molar-refractivity contribution is 7.92. The van der Waals surface area contributed by atoms with Gasteiger partial charge in [-0.25, -0.2) is 12.8 Å². The molecule has 7 nitrogen and oxygen atoms in total. The predicted molar refractivity (Wildman–Crippen MR) is 117 cm³/mol. The number of nitrogens with one attached hydrogen (secondary N) is 3. The Morgan fingerprint density at radius 3 is 2.59 bits per heavy atom. The van der Waals surface area contributed by atoms with E-state index < -0.39 is 15.8 Å². The molecule has 1 fully saturated rings. The Kier molecular flexibility index (Phi) is 9.16. The van der Waals surface area contributed by atoms with Crippen molar-refractivity contribution in [1.82, 2.24) is 15.5 Å². The Hall–Kier alpha value is -1.87. The number of guanidine groups is 1. The first kappa shape index (κ1) is 23.4. The Bertz CT molecular complexity index is 777. The third-order valence-corrected chi connectivity index (χ3v) is 6.44. The van der Waals surface area contributed by atoms with Crippen molar-refractivity contribution >= 4 is 21.7 Å². The molecular formula is C20H34FN5O2S. The minimum atomic E-state index is -3.58. The van der Waals surface area contributed by atoms with Crippen LogP contribution < -0.4 is 15.4 Å². The van der Waals surface area contributed by atoms with Gasteiger partial charge in [0.05, 0.1) is 11.4 Å². The number of benzene rings is 1. The highest BCUT2D eigenvalue weighted by atomic mass is 32.2. The van der Waals surface area contributed by atoms with Crippen molar-refractivity contribution in [1.29, 1.82) is 0 Å². The lowest BCUT2D eigenvalue weighted by molar-refractivity contribution is 0.191. The van der Waals surface area contributed by atoms with Crippen LogP contribution in [0.2, 0.25) is 0 Å². The van der Waals surface area contributed by atoms with Crippen molar-refractivity contribution in [2.75, 3.05) is 50.2 Å². The second-order valence-electron chi connectivity index (χ2n) is 7.69. The number of nitrogens with zero attached hydrogens (tertiary/aromatic N) is 2. The minimum Gasteiger partial charge on any atom is -0.356 e. The van der Waals surface area contributed by atoms with E-state index in [2.05, 4.69) is 32.2 Å². The van der Waals surface area contributed by atoms with Crippen LogP contribution >= 0.6 is 0 Å². The molecule has 0 aromatic heterocycles. The zero-order valence-corrected chi connectivity index (χ0v) is 18.5. The Morgan fingerprint density at radius 1 is 1.24 bits per heavy atom. The number of aryl methyl sites for hydroxylation is 1. The summed E-state index contributed by atoms with van der Waals surface area (Å²) in [5, 5.41) is 6.22. The Balaban J connectivity index is 1.65. The summed E-state index contributed by atoms with van der Waals surface area (Å²) in [5.74, 6) is 0.832. The van der Waals surface area contributed by atoms with Crippen molar-refractivity contribution in [2.45, 2.75) is 33.1 Å². The largest absolute Gasteiger partial charge is 0.356 e. The standard InChI is InChI=1S/C20H34FN5O2S/c1-16-7-12-26(13-8-16)11-4-9-23-20(22-3)24-10-14-29(27,28)25-18-6-5-17(2)19(21)15-18/h5-6,15-16,25H,4,7-14H2,1-3H3,(H2,22,23,24). The lowest BCUT2D eigenvalue weighted by Gasteiger charge is -2.30. The monoisotopic (exact) mass is 427 g/mol. The Labute approximate surface area is 174 Å². The summed E-state index contributed by atoms with van der Waals surface area (Å²) in [6.45, 7) is 8.31. The second-order valence-corrected chi connectivity index (χ2v) is 9.53. The van der Waals surface area contributed by atoms with Crippen LogP contribution in [0.5, 0.6) is 0 Å². The fraction of sp³-hybridized carbons (Fsp3) is 0.650. The normalized spacial score (nSPS) is 16.6.